The van der Waals surface area contributed by atoms with Crippen molar-refractivity contribution in [3.63, 3.8) is 0 Å². The number of hydrogen-bond donors (Lipinski definition) is 1. The number of thiophene rings is 1. The van der Waals surface area contributed by atoms with Crippen LogP contribution in [-0.4, -0.2) is 25.7 Å². The van der Waals surface area contributed by atoms with Crippen molar-refractivity contribution in [1.29, 1.82) is 0 Å². The van der Waals surface area contributed by atoms with Crippen molar-refractivity contribution in [1.82, 2.24) is 5.32 Å². The summed E-state index contributed by atoms with van der Waals surface area (Å²) in [5.74, 6) is -0.281. The summed E-state index contributed by atoms with van der Waals surface area (Å²) in [5, 5.41) is 3.24. The van der Waals surface area contributed by atoms with Crippen molar-refractivity contribution in [2.45, 2.75) is 13.3 Å². The second-order valence-electron chi connectivity index (χ2n) is 3.31. The highest BCUT2D eigenvalue weighted by Crippen LogP contribution is 2.21. The molecule has 0 aliphatic carbocycles. The SMILES string of the molecule is CCOC(=O)/C=C/CNCCc1ccc(Br)s1. The number of hydrogen-bond acceptors (Lipinski definition) is 4. The van der Waals surface area contributed by atoms with E-state index < -0.39 is 0 Å². The minimum atomic E-state index is -0.281. The van der Waals surface area contributed by atoms with Gasteiger partial charge in [-0.1, -0.05) is 6.08 Å². The number of carbonyl (C=O) groups is 1. The molecule has 94 valence electrons. The minimum Gasteiger partial charge on any atom is -0.463 e. The first-order valence-electron chi connectivity index (χ1n) is 5.50. The maximum absolute atomic E-state index is 11.0. The number of esters is 1. The van der Waals surface area contributed by atoms with Gasteiger partial charge >= 0.3 is 5.97 Å². The van der Waals surface area contributed by atoms with Gasteiger partial charge in [0, 0.05) is 24.0 Å². The average molecular weight is 318 g/mol. The van der Waals surface area contributed by atoms with Gasteiger partial charge in [-0.05, 0) is 41.4 Å². The Morgan fingerprint density at radius 2 is 2.41 bits per heavy atom. The highest BCUT2D eigenvalue weighted by Gasteiger charge is 1.96. The molecule has 0 fully saturated rings. The molecule has 0 unspecified atom stereocenters. The van der Waals surface area contributed by atoms with Crippen LogP contribution in [0, 0.1) is 0 Å². The largest absolute Gasteiger partial charge is 0.463 e. The molecule has 0 saturated heterocycles. The number of halogens is 1. The van der Waals surface area contributed by atoms with Gasteiger partial charge in [-0.3, -0.25) is 0 Å². The molecule has 0 saturated carbocycles. The maximum atomic E-state index is 11.0. The zero-order valence-electron chi connectivity index (χ0n) is 9.74. The quantitative estimate of drug-likeness (QED) is 0.477. The lowest BCUT2D eigenvalue weighted by atomic mass is 10.3. The summed E-state index contributed by atoms with van der Waals surface area (Å²) in [6.45, 7) is 3.80. The van der Waals surface area contributed by atoms with E-state index in [0.29, 0.717) is 13.2 Å². The molecular formula is C12H16BrNO2S. The third-order valence-corrected chi connectivity index (χ3v) is 3.66. The van der Waals surface area contributed by atoms with E-state index in [1.54, 1.807) is 24.3 Å². The molecule has 0 spiro atoms. The predicted octanol–water partition coefficient (Wildman–Crippen LogP) is 2.76. The molecule has 3 nitrogen and oxygen atoms in total. The van der Waals surface area contributed by atoms with Gasteiger partial charge in [-0.15, -0.1) is 11.3 Å². The van der Waals surface area contributed by atoms with Crippen molar-refractivity contribution < 1.29 is 9.53 Å². The topological polar surface area (TPSA) is 38.3 Å². The molecule has 5 heteroatoms. The van der Waals surface area contributed by atoms with E-state index in [4.69, 9.17) is 4.74 Å². The van der Waals surface area contributed by atoms with Crippen LogP contribution in [0.4, 0.5) is 0 Å². The van der Waals surface area contributed by atoms with Crippen molar-refractivity contribution in [3.8, 4) is 0 Å². The Bertz CT molecular complexity index is 376. The first-order valence-corrected chi connectivity index (χ1v) is 7.11. The molecule has 17 heavy (non-hydrogen) atoms. The number of rotatable bonds is 7. The predicted molar refractivity (Wildman–Crippen MR) is 74.4 cm³/mol. The standard InChI is InChI=1S/C12H16BrNO2S/c1-2-16-12(15)4-3-8-14-9-7-10-5-6-11(13)17-10/h3-6,14H,2,7-9H2,1H3/b4-3+. The number of ether oxygens (including phenoxy) is 1. The molecule has 0 bridgehead atoms. The van der Waals surface area contributed by atoms with Crippen LogP contribution in [0.1, 0.15) is 11.8 Å². The molecule has 1 N–H and O–H groups in total. The number of nitrogens with one attached hydrogen (secondary N) is 1. The van der Waals surface area contributed by atoms with E-state index >= 15 is 0 Å². The monoisotopic (exact) mass is 317 g/mol. The van der Waals surface area contributed by atoms with Crippen LogP contribution in [-0.2, 0) is 16.0 Å². The molecule has 0 atom stereocenters. The van der Waals surface area contributed by atoms with Crippen LogP contribution in [0.15, 0.2) is 28.1 Å². The first kappa shape index (κ1) is 14.4. The lowest BCUT2D eigenvalue weighted by Gasteiger charge is -1.99. The van der Waals surface area contributed by atoms with Gasteiger partial charge in [-0.25, -0.2) is 4.79 Å². The third-order valence-electron chi connectivity index (χ3n) is 1.98. The van der Waals surface area contributed by atoms with Crippen LogP contribution in [0.2, 0.25) is 0 Å². The Kier molecular flexibility index (Phi) is 7.16. The summed E-state index contributed by atoms with van der Waals surface area (Å²) in [4.78, 5) is 12.3. The van der Waals surface area contributed by atoms with E-state index in [9.17, 15) is 4.79 Å². The van der Waals surface area contributed by atoms with Gasteiger partial charge in [0.25, 0.3) is 0 Å². The van der Waals surface area contributed by atoms with Gasteiger partial charge in [0.15, 0.2) is 0 Å². The van der Waals surface area contributed by atoms with Crippen LogP contribution >= 0.6 is 27.3 Å². The van der Waals surface area contributed by atoms with E-state index in [0.717, 1.165) is 16.8 Å². The second kappa shape index (κ2) is 8.44. The Labute approximate surface area is 114 Å². The smallest absolute Gasteiger partial charge is 0.330 e. The zero-order chi connectivity index (χ0) is 12.5. The highest BCUT2D eigenvalue weighted by molar-refractivity contribution is 9.11. The van der Waals surface area contributed by atoms with Gasteiger partial charge in [-0.2, -0.15) is 0 Å². The van der Waals surface area contributed by atoms with E-state index in [1.165, 1.54) is 11.0 Å². The fourth-order valence-corrected chi connectivity index (χ4v) is 2.71. The van der Waals surface area contributed by atoms with Gasteiger partial charge in [0.2, 0.25) is 0 Å². The molecule has 1 rings (SSSR count). The van der Waals surface area contributed by atoms with Crippen molar-refractivity contribution in [3.05, 3.63) is 32.9 Å². The zero-order valence-corrected chi connectivity index (χ0v) is 12.1. The Balaban J connectivity index is 2.06. The molecule has 0 aromatic carbocycles. The Morgan fingerprint density at radius 3 is 3.06 bits per heavy atom. The molecule has 1 aromatic rings. The summed E-state index contributed by atoms with van der Waals surface area (Å²) in [6.07, 6.45) is 4.24. The first-order chi connectivity index (χ1) is 8.22. The van der Waals surface area contributed by atoms with Crippen LogP contribution < -0.4 is 5.32 Å². The lowest BCUT2D eigenvalue weighted by Crippen LogP contribution is -2.16. The maximum Gasteiger partial charge on any atom is 0.330 e. The molecular weight excluding hydrogens is 302 g/mol. The lowest BCUT2D eigenvalue weighted by molar-refractivity contribution is -0.137. The number of carbonyl (C=O) groups excluding carboxylic acids is 1. The van der Waals surface area contributed by atoms with Gasteiger partial charge in [0.05, 0.1) is 10.4 Å². The molecule has 0 amide bonds. The molecule has 0 aliphatic rings. The summed E-state index contributed by atoms with van der Waals surface area (Å²) >= 11 is 5.18. The van der Waals surface area contributed by atoms with Crippen molar-refractivity contribution in [2.75, 3.05) is 19.7 Å². The fourth-order valence-electron chi connectivity index (χ4n) is 1.23. The third kappa shape index (κ3) is 6.61. The molecule has 0 radical (unpaired) electrons. The molecule has 1 aromatic heterocycles. The van der Waals surface area contributed by atoms with Crippen LogP contribution in [0.25, 0.3) is 0 Å². The van der Waals surface area contributed by atoms with Crippen LogP contribution in [0.5, 0.6) is 0 Å². The Hall–Kier alpha value is -0.650. The summed E-state index contributed by atoms with van der Waals surface area (Å²) in [6, 6.07) is 4.17. The van der Waals surface area contributed by atoms with E-state index in [-0.39, 0.29) is 5.97 Å². The van der Waals surface area contributed by atoms with E-state index in [1.807, 2.05) is 0 Å². The van der Waals surface area contributed by atoms with E-state index in [2.05, 4.69) is 33.4 Å². The van der Waals surface area contributed by atoms with Crippen molar-refractivity contribution in [2.24, 2.45) is 0 Å². The van der Waals surface area contributed by atoms with Crippen LogP contribution in [0.3, 0.4) is 0 Å². The fraction of sp³-hybridized carbons (Fsp3) is 0.417. The highest BCUT2D eigenvalue weighted by atomic mass is 79.9. The van der Waals surface area contributed by atoms with Gasteiger partial charge < -0.3 is 10.1 Å². The Morgan fingerprint density at radius 1 is 1.59 bits per heavy atom. The summed E-state index contributed by atoms with van der Waals surface area (Å²) in [5.41, 5.74) is 0. The summed E-state index contributed by atoms with van der Waals surface area (Å²) in [7, 11) is 0. The summed E-state index contributed by atoms with van der Waals surface area (Å²) < 4.78 is 5.93. The minimum absolute atomic E-state index is 0.281. The molecule has 0 aliphatic heterocycles. The van der Waals surface area contributed by atoms with Gasteiger partial charge in [0.1, 0.15) is 0 Å². The second-order valence-corrected chi connectivity index (χ2v) is 5.86. The normalized spacial score (nSPS) is 10.9. The van der Waals surface area contributed by atoms with Crippen molar-refractivity contribution >= 4 is 33.2 Å². The molecule has 1 heterocycles. The average Bonchev–Trinajstić information content (AvgIpc) is 2.70.